The van der Waals surface area contributed by atoms with Crippen LogP contribution in [-0.2, 0) is 31.6 Å². The van der Waals surface area contributed by atoms with E-state index in [0.717, 1.165) is 5.84 Å². The van der Waals surface area contributed by atoms with Crippen LogP contribution in [0.25, 0.3) is 0 Å². The van der Waals surface area contributed by atoms with E-state index >= 15 is 0 Å². The second-order valence-corrected chi connectivity index (χ2v) is 19.5. The molecule has 0 radical (unpaired) electrons. The summed E-state index contributed by atoms with van der Waals surface area (Å²) in [5.41, 5.74) is 8.38. The summed E-state index contributed by atoms with van der Waals surface area (Å²) >= 11 is 0. The van der Waals surface area contributed by atoms with Gasteiger partial charge in [-0.2, -0.15) is 0 Å². The topological polar surface area (TPSA) is 24.4 Å². The molecule has 0 unspecified atom stereocenters. The first-order chi connectivity index (χ1) is 12.2. The van der Waals surface area contributed by atoms with Gasteiger partial charge >= 0.3 is 26.2 Å². The molecule has 0 bridgehead atoms. The Kier molecular flexibility index (Phi) is 12.5. The standard InChI is InChI=1S/C23H38N2Si2.2BrH.Zr/c1-16-17(2)19(4)23(5,18(16)3)21-15-13-12-14-20(21)22(24-26(6,7)8)25-27(9,10)11;;;/h12-15H,1-11H3,(H,24,25);2*1H;/q;;;+2/p-2. The smallest absolute Gasteiger partial charge is 1.00 e. The molecular formula is C23H38Br2N2Si2Zr. The summed E-state index contributed by atoms with van der Waals surface area (Å²) in [6.45, 7) is 25.5. The zero-order valence-electron chi connectivity index (χ0n) is 20.5. The van der Waals surface area contributed by atoms with Gasteiger partial charge in [-0.15, -0.1) is 0 Å². The molecule has 0 heterocycles. The zero-order valence-corrected chi connectivity index (χ0v) is 28.1. The molecule has 0 saturated heterocycles. The summed E-state index contributed by atoms with van der Waals surface area (Å²) in [5.74, 6) is 1.10. The van der Waals surface area contributed by atoms with E-state index in [-0.39, 0.29) is 65.6 Å². The molecule has 0 spiro atoms. The predicted octanol–water partition coefficient (Wildman–Crippen LogP) is 0.642. The first-order valence-corrected chi connectivity index (χ1v) is 17.0. The monoisotopic (exact) mass is 646 g/mol. The maximum Gasteiger partial charge on any atom is 2.00 e. The van der Waals surface area contributed by atoms with Gasteiger partial charge in [0.25, 0.3) is 0 Å². The van der Waals surface area contributed by atoms with Crippen LogP contribution in [0.3, 0.4) is 0 Å². The average Bonchev–Trinajstić information content (AvgIpc) is 2.68. The van der Waals surface area contributed by atoms with Gasteiger partial charge in [-0.25, -0.2) is 0 Å². The molecule has 1 aromatic rings. The van der Waals surface area contributed by atoms with Crippen molar-refractivity contribution in [3.8, 4) is 0 Å². The zero-order chi connectivity index (χ0) is 20.8. The molecule has 0 amide bonds. The molecular weight excluding hydrogens is 611 g/mol. The summed E-state index contributed by atoms with van der Waals surface area (Å²) in [4.78, 5) is 3.85. The number of rotatable bonds is 4. The van der Waals surface area contributed by atoms with Crippen LogP contribution in [0, 0.1) is 0 Å². The molecule has 30 heavy (non-hydrogen) atoms. The van der Waals surface area contributed by atoms with E-state index in [4.69, 9.17) is 4.66 Å². The van der Waals surface area contributed by atoms with Gasteiger partial charge in [0.1, 0.15) is 14.1 Å². The SMILES string of the molecule is CC1=C(C)C(C)(c2ccccc2C(=N[Si](C)(C)C)N[Si](C)(C)C)C(C)=C1C.[Br-].[Br-].[Zr+2]. The molecule has 0 saturated carbocycles. The molecule has 2 rings (SSSR count). The van der Waals surface area contributed by atoms with Crippen molar-refractivity contribution in [2.24, 2.45) is 4.66 Å². The minimum absolute atomic E-state index is 0. The molecule has 0 aromatic heterocycles. The van der Waals surface area contributed by atoms with Gasteiger partial charge in [-0.05, 0) is 71.0 Å². The predicted molar refractivity (Wildman–Crippen MR) is 127 cm³/mol. The maximum absolute atomic E-state index is 5.26. The fourth-order valence-electron chi connectivity index (χ4n) is 3.97. The quantitative estimate of drug-likeness (QED) is 0.289. The largest absolute Gasteiger partial charge is 2.00 e. The third-order valence-corrected chi connectivity index (χ3v) is 7.73. The number of nitrogens with zero attached hydrogens (tertiary/aromatic N) is 1. The molecule has 0 fully saturated rings. The van der Waals surface area contributed by atoms with Gasteiger partial charge in [0.2, 0.25) is 0 Å². The Labute approximate surface area is 227 Å². The molecule has 0 aliphatic heterocycles. The van der Waals surface area contributed by atoms with Crippen LogP contribution in [0.1, 0.15) is 45.7 Å². The van der Waals surface area contributed by atoms with E-state index in [1.165, 1.54) is 33.4 Å². The van der Waals surface area contributed by atoms with Crippen LogP contribution >= 0.6 is 0 Å². The molecule has 7 heteroatoms. The average molecular weight is 650 g/mol. The number of benzene rings is 1. The fourth-order valence-corrected chi connectivity index (χ4v) is 5.83. The number of amidine groups is 1. The Balaban J connectivity index is 0. The van der Waals surface area contributed by atoms with Crippen LogP contribution in [-0.4, -0.2) is 22.3 Å². The van der Waals surface area contributed by atoms with Crippen molar-refractivity contribution in [1.29, 1.82) is 0 Å². The molecule has 1 aliphatic carbocycles. The maximum atomic E-state index is 5.26. The van der Waals surface area contributed by atoms with Crippen molar-refractivity contribution in [1.82, 2.24) is 4.98 Å². The number of halogens is 2. The van der Waals surface area contributed by atoms with Crippen LogP contribution in [0.5, 0.6) is 0 Å². The molecule has 1 aromatic carbocycles. The summed E-state index contributed by atoms with van der Waals surface area (Å²) in [7, 11) is -3.16. The Bertz CT molecular complexity index is 823. The Morgan fingerprint density at radius 2 is 1.27 bits per heavy atom. The molecule has 166 valence electrons. The van der Waals surface area contributed by atoms with Crippen molar-refractivity contribution in [3.63, 3.8) is 0 Å². The number of nitrogens with one attached hydrogen (secondary N) is 1. The summed E-state index contributed by atoms with van der Waals surface area (Å²) in [6.07, 6.45) is 0. The van der Waals surface area contributed by atoms with E-state index in [9.17, 15) is 0 Å². The van der Waals surface area contributed by atoms with Gasteiger partial charge in [0.05, 0.1) is 0 Å². The van der Waals surface area contributed by atoms with Crippen molar-refractivity contribution in [3.05, 3.63) is 57.7 Å². The molecule has 1 N–H and O–H groups in total. The second-order valence-electron chi connectivity index (χ2n) is 10.2. The summed E-state index contributed by atoms with van der Waals surface area (Å²) in [5, 5.41) is 0. The molecule has 0 atom stereocenters. The number of hydrogen-bond donors (Lipinski definition) is 1. The van der Waals surface area contributed by atoms with Crippen molar-refractivity contribution >= 4 is 22.3 Å². The van der Waals surface area contributed by atoms with E-state index in [2.05, 4.69) is 103 Å². The third-order valence-electron chi connectivity index (χ3n) is 5.85. The van der Waals surface area contributed by atoms with E-state index in [1.807, 2.05) is 0 Å². The van der Waals surface area contributed by atoms with E-state index in [0.29, 0.717) is 0 Å². The van der Waals surface area contributed by atoms with E-state index < -0.39 is 16.5 Å². The van der Waals surface area contributed by atoms with E-state index in [1.54, 1.807) is 0 Å². The van der Waals surface area contributed by atoms with Crippen LogP contribution < -0.4 is 38.9 Å². The summed E-state index contributed by atoms with van der Waals surface area (Å²) in [6, 6.07) is 8.89. The minimum Gasteiger partial charge on any atom is -1.00 e. The first kappa shape index (κ1) is 32.6. The Morgan fingerprint density at radius 1 is 0.833 bits per heavy atom. The summed E-state index contributed by atoms with van der Waals surface area (Å²) < 4.78 is 5.26. The molecule has 2 nitrogen and oxygen atoms in total. The first-order valence-electron chi connectivity index (χ1n) is 10.0. The fraction of sp³-hybridized carbons (Fsp3) is 0.522. The van der Waals surface area contributed by atoms with Crippen molar-refractivity contribution < 1.29 is 60.2 Å². The van der Waals surface area contributed by atoms with Gasteiger partial charge < -0.3 is 43.6 Å². The normalized spacial score (nSPS) is 16.6. The minimum atomic E-state index is -1.63. The van der Waals surface area contributed by atoms with Crippen molar-refractivity contribution in [2.75, 3.05) is 0 Å². The molecule has 1 aliphatic rings. The van der Waals surface area contributed by atoms with Gasteiger partial charge in [0.15, 0.2) is 8.24 Å². The Hall–Kier alpha value is 0.447. The van der Waals surface area contributed by atoms with Gasteiger partial charge in [0, 0.05) is 11.0 Å². The second kappa shape index (κ2) is 11.5. The number of allylic oxidation sites excluding steroid dienone is 4. The third kappa shape index (κ3) is 6.97. The van der Waals surface area contributed by atoms with Crippen LogP contribution in [0.4, 0.5) is 0 Å². The van der Waals surface area contributed by atoms with Crippen molar-refractivity contribution in [2.45, 2.75) is 79.3 Å². The van der Waals surface area contributed by atoms with Gasteiger partial charge in [-0.3, -0.25) is 0 Å². The van der Waals surface area contributed by atoms with Gasteiger partial charge in [-0.1, -0.05) is 55.1 Å². The van der Waals surface area contributed by atoms with Crippen LogP contribution in [0.15, 0.2) is 51.2 Å². The number of hydrogen-bond acceptors (Lipinski definition) is 1. The van der Waals surface area contributed by atoms with Crippen LogP contribution in [0.2, 0.25) is 39.3 Å². The Morgan fingerprint density at radius 3 is 1.67 bits per heavy atom.